The van der Waals surface area contributed by atoms with Crippen molar-refractivity contribution in [2.75, 3.05) is 12.4 Å². The average molecular weight is 372 g/mol. The zero-order chi connectivity index (χ0) is 16.4. The first-order chi connectivity index (χ1) is 11.1. The van der Waals surface area contributed by atoms with E-state index < -0.39 is 0 Å². The van der Waals surface area contributed by atoms with Crippen LogP contribution < -0.4 is 10.1 Å². The Morgan fingerprint density at radius 3 is 2.83 bits per heavy atom. The number of carbonyl (C=O) groups is 1. The Kier molecular flexibility index (Phi) is 4.25. The first-order valence-corrected chi connectivity index (χ1v) is 7.74. The number of halogens is 1. The maximum Gasteiger partial charge on any atom is 0.257 e. The van der Waals surface area contributed by atoms with Gasteiger partial charge >= 0.3 is 0 Å². The molecule has 6 heteroatoms. The van der Waals surface area contributed by atoms with Crippen LogP contribution in [0.1, 0.15) is 15.9 Å². The van der Waals surface area contributed by atoms with Crippen LogP contribution in [0.5, 0.6) is 5.75 Å². The van der Waals surface area contributed by atoms with Crippen LogP contribution in [0, 0.1) is 6.92 Å². The summed E-state index contributed by atoms with van der Waals surface area (Å²) in [4.78, 5) is 21.2. The molecule has 2 heterocycles. The molecular weight excluding hydrogens is 358 g/mol. The van der Waals surface area contributed by atoms with Crippen LogP contribution in [-0.2, 0) is 0 Å². The average Bonchev–Trinajstić information content (AvgIpc) is 2.56. The molecule has 0 aliphatic heterocycles. The molecule has 3 aromatic rings. The fourth-order valence-electron chi connectivity index (χ4n) is 2.31. The van der Waals surface area contributed by atoms with Gasteiger partial charge in [0.2, 0.25) is 0 Å². The lowest BCUT2D eigenvalue weighted by molar-refractivity contribution is 0.102. The molecule has 0 saturated carbocycles. The molecule has 1 aromatic carbocycles. The second-order valence-corrected chi connectivity index (χ2v) is 5.87. The maximum absolute atomic E-state index is 12.6. The Balaban J connectivity index is 2.01. The number of carbonyl (C=O) groups excluding carboxylic acids is 1. The lowest BCUT2D eigenvalue weighted by Crippen LogP contribution is -2.14. The normalized spacial score (nSPS) is 10.6. The van der Waals surface area contributed by atoms with E-state index in [1.165, 1.54) is 0 Å². The van der Waals surface area contributed by atoms with Gasteiger partial charge in [-0.3, -0.25) is 9.78 Å². The molecule has 0 unspecified atom stereocenters. The van der Waals surface area contributed by atoms with Crippen molar-refractivity contribution in [3.8, 4) is 5.75 Å². The highest BCUT2D eigenvalue weighted by atomic mass is 79.9. The van der Waals surface area contributed by atoms with Crippen molar-refractivity contribution in [3.05, 3.63) is 58.3 Å². The Bertz CT molecular complexity index is 896. The smallest absolute Gasteiger partial charge is 0.257 e. The highest BCUT2D eigenvalue weighted by molar-refractivity contribution is 9.10. The van der Waals surface area contributed by atoms with Crippen molar-refractivity contribution >= 4 is 38.6 Å². The van der Waals surface area contributed by atoms with Gasteiger partial charge in [0.25, 0.3) is 5.91 Å². The number of rotatable bonds is 3. The van der Waals surface area contributed by atoms with Crippen LogP contribution in [0.3, 0.4) is 0 Å². The van der Waals surface area contributed by atoms with Gasteiger partial charge in [-0.1, -0.05) is 6.07 Å². The summed E-state index contributed by atoms with van der Waals surface area (Å²) in [5, 5.41) is 3.55. The number of pyridine rings is 2. The first kappa shape index (κ1) is 15.4. The minimum absolute atomic E-state index is 0.247. The molecule has 1 N–H and O–H groups in total. The molecule has 2 aromatic heterocycles. The standard InChI is InChI=1S/C17H14BrN3O2/c1-10-8-13(18)16(20-9-10)21-17(22)12-5-6-14(23-2)15-11(12)4-3-7-19-15/h3-9H,1-2H3,(H,20,21,22). The molecule has 0 radical (unpaired) electrons. The Hall–Kier alpha value is -2.47. The Morgan fingerprint density at radius 2 is 2.09 bits per heavy atom. The number of aryl methyl sites for hydroxylation is 1. The van der Waals surface area contributed by atoms with Gasteiger partial charge < -0.3 is 10.1 Å². The van der Waals surface area contributed by atoms with Crippen molar-refractivity contribution in [3.63, 3.8) is 0 Å². The number of hydrogen-bond donors (Lipinski definition) is 1. The third-order valence-corrected chi connectivity index (χ3v) is 4.01. The molecule has 0 aliphatic rings. The van der Waals surface area contributed by atoms with E-state index in [-0.39, 0.29) is 5.91 Å². The van der Waals surface area contributed by atoms with E-state index in [1.807, 2.05) is 19.1 Å². The van der Waals surface area contributed by atoms with Crippen LogP contribution in [-0.4, -0.2) is 23.0 Å². The highest BCUT2D eigenvalue weighted by Gasteiger charge is 2.15. The number of nitrogens with one attached hydrogen (secondary N) is 1. The summed E-state index contributed by atoms with van der Waals surface area (Å²) in [5.41, 5.74) is 2.18. The van der Waals surface area contributed by atoms with Gasteiger partial charge in [-0.05, 0) is 52.7 Å². The van der Waals surface area contributed by atoms with Gasteiger partial charge in [-0.15, -0.1) is 0 Å². The monoisotopic (exact) mass is 371 g/mol. The predicted molar refractivity (Wildman–Crippen MR) is 92.9 cm³/mol. The van der Waals surface area contributed by atoms with E-state index in [9.17, 15) is 4.79 Å². The second kappa shape index (κ2) is 6.34. The van der Waals surface area contributed by atoms with Crippen molar-refractivity contribution in [2.24, 2.45) is 0 Å². The Labute approximate surface area is 141 Å². The quantitative estimate of drug-likeness (QED) is 0.756. The topological polar surface area (TPSA) is 64.1 Å². The summed E-state index contributed by atoms with van der Waals surface area (Å²) in [6.45, 7) is 1.94. The molecule has 3 rings (SSSR count). The summed E-state index contributed by atoms with van der Waals surface area (Å²) >= 11 is 3.41. The van der Waals surface area contributed by atoms with E-state index in [2.05, 4.69) is 31.2 Å². The molecular formula is C17H14BrN3O2. The van der Waals surface area contributed by atoms with Gasteiger partial charge in [0.1, 0.15) is 17.1 Å². The summed E-state index contributed by atoms with van der Waals surface area (Å²) in [7, 11) is 1.58. The number of amides is 1. The van der Waals surface area contributed by atoms with E-state index in [0.717, 1.165) is 15.4 Å². The molecule has 0 saturated heterocycles. The van der Waals surface area contributed by atoms with Crippen LogP contribution in [0.4, 0.5) is 5.82 Å². The highest BCUT2D eigenvalue weighted by Crippen LogP contribution is 2.28. The van der Waals surface area contributed by atoms with Crippen molar-refractivity contribution in [1.29, 1.82) is 0 Å². The molecule has 23 heavy (non-hydrogen) atoms. The minimum Gasteiger partial charge on any atom is -0.494 e. The molecule has 116 valence electrons. The number of hydrogen-bond acceptors (Lipinski definition) is 4. The summed E-state index contributed by atoms with van der Waals surface area (Å²) < 4.78 is 6.04. The number of methoxy groups -OCH3 is 1. The molecule has 5 nitrogen and oxygen atoms in total. The van der Waals surface area contributed by atoms with E-state index in [1.54, 1.807) is 37.7 Å². The van der Waals surface area contributed by atoms with Crippen LogP contribution >= 0.6 is 15.9 Å². The summed E-state index contributed by atoms with van der Waals surface area (Å²) in [5.74, 6) is 0.864. The second-order valence-electron chi connectivity index (χ2n) is 5.01. The van der Waals surface area contributed by atoms with Crippen molar-refractivity contribution < 1.29 is 9.53 Å². The number of anilines is 1. The lowest BCUT2D eigenvalue weighted by atomic mass is 10.1. The third-order valence-electron chi connectivity index (χ3n) is 3.41. The third kappa shape index (κ3) is 3.03. The molecule has 0 spiro atoms. The number of aromatic nitrogens is 2. The fourth-order valence-corrected chi connectivity index (χ4v) is 2.87. The molecule has 0 atom stereocenters. The van der Waals surface area contributed by atoms with E-state index in [0.29, 0.717) is 22.6 Å². The van der Waals surface area contributed by atoms with Crippen molar-refractivity contribution in [2.45, 2.75) is 6.92 Å². The van der Waals surface area contributed by atoms with Gasteiger partial charge in [0.15, 0.2) is 0 Å². The number of fused-ring (bicyclic) bond motifs is 1. The maximum atomic E-state index is 12.6. The van der Waals surface area contributed by atoms with Gasteiger partial charge in [-0.25, -0.2) is 4.98 Å². The van der Waals surface area contributed by atoms with Gasteiger partial charge in [0.05, 0.1) is 11.6 Å². The lowest BCUT2D eigenvalue weighted by Gasteiger charge is -2.11. The van der Waals surface area contributed by atoms with E-state index >= 15 is 0 Å². The summed E-state index contributed by atoms with van der Waals surface area (Å²) in [6.07, 6.45) is 3.37. The van der Waals surface area contributed by atoms with Crippen LogP contribution in [0.2, 0.25) is 0 Å². The van der Waals surface area contributed by atoms with Crippen molar-refractivity contribution in [1.82, 2.24) is 9.97 Å². The number of benzene rings is 1. The predicted octanol–water partition coefficient (Wildman–Crippen LogP) is 3.96. The largest absolute Gasteiger partial charge is 0.494 e. The Morgan fingerprint density at radius 1 is 1.26 bits per heavy atom. The van der Waals surface area contributed by atoms with Crippen LogP contribution in [0.25, 0.3) is 10.9 Å². The molecule has 0 aliphatic carbocycles. The van der Waals surface area contributed by atoms with E-state index in [4.69, 9.17) is 4.74 Å². The fraction of sp³-hybridized carbons (Fsp3) is 0.118. The van der Waals surface area contributed by atoms with Gasteiger partial charge in [0, 0.05) is 23.3 Å². The SMILES string of the molecule is COc1ccc(C(=O)Nc2ncc(C)cc2Br)c2cccnc12. The van der Waals surface area contributed by atoms with Gasteiger partial charge in [-0.2, -0.15) is 0 Å². The van der Waals surface area contributed by atoms with Crippen LogP contribution in [0.15, 0.2) is 47.2 Å². The molecule has 0 fully saturated rings. The molecule has 0 bridgehead atoms. The number of ether oxygens (including phenoxy) is 1. The minimum atomic E-state index is -0.247. The zero-order valence-electron chi connectivity index (χ0n) is 12.6. The summed E-state index contributed by atoms with van der Waals surface area (Å²) in [6, 6.07) is 8.99. The first-order valence-electron chi connectivity index (χ1n) is 6.95. The zero-order valence-corrected chi connectivity index (χ0v) is 14.2. The number of nitrogens with zero attached hydrogens (tertiary/aromatic N) is 2. The molecule has 1 amide bonds.